The molecule has 0 radical (unpaired) electrons. The van der Waals surface area contributed by atoms with E-state index in [9.17, 15) is 17.6 Å². The third-order valence-corrected chi connectivity index (χ3v) is 15.7. The number of hydrogen-bond donors (Lipinski definition) is 2. The number of amides is 1. The van der Waals surface area contributed by atoms with E-state index < -0.39 is 15.9 Å². The molecule has 0 aliphatic carbocycles. The van der Waals surface area contributed by atoms with Gasteiger partial charge < -0.3 is 37.8 Å². The molecule has 14 aromatic rings. The Balaban J connectivity index is 0.000000159. The molecule has 10 heterocycles. The van der Waals surface area contributed by atoms with Crippen LogP contribution in [-0.4, -0.2) is 164 Å². The third kappa shape index (κ3) is 29.1. The van der Waals surface area contributed by atoms with Crippen molar-refractivity contribution in [1.82, 2.24) is 110 Å². The summed E-state index contributed by atoms with van der Waals surface area (Å²) < 4.78 is 75.7. The van der Waals surface area contributed by atoms with Gasteiger partial charge in [-0.2, -0.15) is 39.9 Å². The highest BCUT2D eigenvalue weighted by Crippen LogP contribution is 2.22. The van der Waals surface area contributed by atoms with Crippen molar-refractivity contribution in [3.8, 4) is 28.7 Å². The Labute approximate surface area is 642 Å². The van der Waals surface area contributed by atoms with Crippen LogP contribution in [-0.2, 0) is 54.3 Å². The summed E-state index contributed by atoms with van der Waals surface area (Å²) in [5.74, 6) is 9.26. The fourth-order valence-corrected chi connectivity index (χ4v) is 10.5. The molecule has 1 aliphatic heterocycles. The molecule has 0 atom stereocenters. The van der Waals surface area contributed by atoms with Crippen LogP contribution in [0.15, 0.2) is 169 Å². The SMILES string of the molecule is COc1ccc(-c2noc(C)n2)cc1.Cc1nc(Cc2ccc(C(N)=O)cc2)nn1C.Cc1nc(Cc2ccccc2F)no1.Cc1ncnn1Cc1ccc(NS(C)(=O)=O)cc1.Cc1nnn(Cc2cc(Cl)cc(Cl)c2)n1.Cc1noc(-c2ccccn2)n1.Cc1noc(C)n1.Cc1noc(CN2CCOCC2)n1. The minimum atomic E-state index is -3.22. The van der Waals surface area contributed by atoms with Crippen molar-refractivity contribution in [1.29, 1.82) is 0 Å². The molecule has 0 saturated carbocycles. The molecule has 1 aliphatic rings. The van der Waals surface area contributed by atoms with Crippen LogP contribution in [0.4, 0.5) is 10.1 Å². The lowest BCUT2D eigenvalue weighted by Gasteiger charge is -2.24. The summed E-state index contributed by atoms with van der Waals surface area (Å²) >= 11 is 11.7. The van der Waals surface area contributed by atoms with Crippen LogP contribution in [0.3, 0.4) is 0 Å². The van der Waals surface area contributed by atoms with E-state index in [2.05, 4.69) is 105 Å². The lowest BCUT2D eigenvalue weighted by atomic mass is 10.1. The van der Waals surface area contributed by atoms with Crippen molar-refractivity contribution in [2.24, 2.45) is 12.8 Å². The van der Waals surface area contributed by atoms with Gasteiger partial charge in [0.1, 0.15) is 35.2 Å². The van der Waals surface area contributed by atoms with Crippen LogP contribution in [0, 0.1) is 68.1 Å². The summed E-state index contributed by atoms with van der Waals surface area (Å²) in [6, 6.07) is 39.3. The molecule has 0 unspecified atom stereocenters. The fourth-order valence-electron chi connectivity index (χ4n) is 9.40. The first-order valence-corrected chi connectivity index (χ1v) is 36.2. The highest BCUT2D eigenvalue weighted by molar-refractivity contribution is 7.92. The van der Waals surface area contributed by atoms with Crippen molar-refractivity contribution >= 4 is 44.8 Å². The molecule has 110 heavy (non-hydrogen) atoms. The first kappa shape index (κ1) is 83.4. The molecule has 0 bridgehead atoms. The number of nitrogens with zero attached hydrogens (tertiary/aromatic N) is 22. The number of anilines is 1. The van der Waals surface area contributed by atoms with Gasteiger partial charge in [0.05, 0.1) is 46.2 Å². The summed E-state index contributed by atoms with van der Waals surface area (Å²) in [6.45, 7) is 21.6. The molecule has 1 fully saturated rings. The van der Waals surface area contributed by atoms with Crippen molar-refractivity contribution in [3.05, 3.63) is 260 Å². The monoisotopic (exact) mass is 1560 g/mol. The number of sulfonamides is 1. The third-order valence-electron chi connectivity index (χ3n) is 14.6. The number of methoxy groups -OCH3 is 1. The Morgan fingerprint density at radius 3 is 1.76 bits per heavy atom. The van der Waals surface area contributed by atoms with Crippen LogP contribution in [0.5, 0.6) is 5.75 Å². The first-order chi connectivity index (χ1) is 52.7. The number of pyridine rings is 1. The molecular formula is C72H81Cl2FN24O10S. The van der Waals surface area contributed by atoms with Crippen LogP contribution < -0.4 is 15.2 Å². The van der Waals surface area contributed by atoms with Crippen LogP contribution >= 0.6 is 23.2 Å². The van der Waals surface area contributed by atoms with Gasteiger partial charge in [0.2, 0.25) is 45.3 Å². The number of aromatic nitrogens is 21. The van der Waals surface area contributed by atoms with Gasteiger partial charge in [0.25, 0.3) is 5.89 Å². The maximum Gasteiger partial charge on any atom is 0.276 e. The van der Waals surface area contributed by atoms with Crippen molar-refractivity contribution in [3.63, 3.8) is 0 Å². The standard InChI is InChI=1S/C12H14N4O.C11H14N4O2S.C10H9FN2O.C10H10N2O2.C9H8Cl2N4.C8H13N3O2.C8H7N3O.C4H6N2O/c1-8-14-11(15-16(8)2)7-9-3-5-10(6-4-9)12(13)17;1-9-12-8-13-15(9)7-10-3-5-11(6-4-10)14-18(2,16)17;1-7-12-10(13-14-7)6-8-4-2-3-5-9(8)11;1-7-11-10(12-14-7)8-3-5-9(13-2)6-4-8;1-6-12-14-15(13-6)5-7-2-8(10)4-9(11)3-7;1-7-9-8(13-10-7)6-11-2-4-12-5-3-11;1-6-10-8(12-11-6)7-4-2-3-5-9-7;1-3-5-4(2)7-6-3/h3-6H,7H2,1-2H3,(H2,13,17);3-6,8,14H,7H2,1-2H3;2-5H,6H2,1H3;3-6H,1-2H3;2-4H,5H2,1H3;2-6H2,1H3;2-5H,1H3;1-2H3. The molecule has 38 heteroatoms. The zero-order valence-corrected chi connectivity index (χ0v) is 64.6. The van der Waals surface area contributed by atoms with Gasteiger partial charge in [-0.3, -0.25) is 24.1 Å². The number of tetrazole rings is 1. The Bertz CT molecular complexity index is 5160. The van der Waals surface area contributed by atoms with Gasteiger partial charge in [0, 0.05) is 86.8 Å². The molecule has 3 N–H and O–H groups in total. The Morgan fingerprint density at radius 1 is 0.609 bits per heavy atom. The highest BCUT2D eigenvalue weighted by Gasteiger charge is 2.15. The summed E-state index contributed by atoms with van der Waals surface area (Å²) in [5.41, 5.74) is 11.5. The Hall–Kier alpha value is -12.3. The van der Waals surface area contributed by atoms with Gasteiger partial charge >= 0.3 is 0 Å². The average molecular weight is 1560 g/mol. The first-order valence-electron chi connectivity index (χ1n) is 33.6. The minimum absolute atomic E-state index is 0.241. The van der Waals surface area contributed by atoms with Gasteiger partial charge in [-0.1, -0.05) is 97.5 Å². The van der Waals surface area contributed by atoms with Gasteiger partial charge in [-0.05, 0) is 154 Å². The van der Waals surface area contributed by atoms with Gasteiger partial charge in [-0.15, -0.1) is 10.2 Å². The summed E-state index contributed by atoms with van der Waals surface area (Å²) in [7, 11) is 0.271. The van der Waals surface area contributed by atoms with E-state index >= 15 is 0 Å². The summed E-state index contributed by atoms with van der Waals surface area (Å²) in [6.07, 6.45) is 5.34. The van der Waals surface area contributed by atoms with Crippen molar-refractivity contribution in [2.75, 3.05) is 44.4 Å². The van der Waals surface area contributed by atoms with Gasteiger partial charge in [-0.25, -0.2) is 27.5 Å². The summed E-state index contributed by atoms with van der Waals surface area (Å²) in [5, 5.41) is 39.7. The normalized spacial score (nSPS) is 11.5. The smallest absolute Gasteiger partial charge is 0.276 e. The zero-order chi connectivity index (χ0) is 79.1. The van der Waals surface area contributed by atoms with E-state index in [1.54, 1.807) is 113 Å². The van der Waals surface area contributed by atoms with Crippen LogP contribution in [0.2, 0.25) is 10.0 Å². The largest absolute Gasteiger partial charge is 0.497 e. The number of hydrogen-bond acceptors (Lipinski definition) is 29. The maximum atomic E-state index is 13.2. The van der Waals surface area contributed by atoms with Gasteiger partial charge in [0.15, 0.2) is 34.9 Å². The van der Waals surface area contributed by atoms with E-state index in [1.807, 2.05) is 107 Å². The van der Waals surface area contributed by atoms with E-state index in [0.29, 0.717) is 123 Å². The second-order valence-electron chi connectivity index (χ2n) is 23.8. The number of nitrogens with one attached hydrogen (secondary N) is 1. The molecule has 1 amide bonds. The second-order valence-corrected chi connectivity index (χ2v) is 26.4. The predicted molar refractivity (Wildman–Crippen MR) is 401 cm³/mol. The van der Waals surface area contributed by atoms with Crippen molar-refractivity contribution < 1.29 is 49.7 Å². The second kappa shape index (κ2) is 41.8. The predicted octanol–water partition coefficient (Wildman–Crippen LogP) is 10.7. The molecule has 34 nitrogen and oxygen atoms in total. The number of nitrogens with two attached hydrogens (primary N) is 1. The molecule has 9 aromatic heterocycles. The van der Waals surface area contributed by atoms with Crippen LogP contribution in [0.1, 0.15) is 103 Å². The number of ether oxygens (including phenoxy) is 2. The van der Waals surface area contributed by atoms with E-state index in [4.69, 9.17) is 56.5 Å². The minimum Gasteiger partial charge on any atom is -0.497 e. The molecule has 1 saturated heterocycles. The van der Waals surface area contributed by atoms with E-state index in [-0.39, 0.29) is 5.82 Å². The van der Waals surface area contributed by atoms with Crippen molar-refractivity contribution in [2.45, 2.75) is 94.8 Å². The quantitative estimate of drug-likeness (QED) is 0.0907. The highest BCUT2D eigenvalue weighted by atomic mass is 35.5. The zero-order valence-electron chi connectivity index (χ0n) is 62.3. The number of halogens is 3. The number of primary amides is 1. The van der Waals surface area contributed by atoms with Crippen LogP contribution in [0.25, 0.3) is 23.0 Å². The Kier molecular flexibility index (Phi) is 31.7. The summed E-state index contributed by atoms with van der Waals surface area (Å²) in [4.78, 5) is 47.2. The number of carbonyl (C=O) groups is 1. The topological polar surface area (TPSA) is 423 Å². The molecule has 15 rings (SSSR count). The maximum absolute atomic E-state index is 13.2. The number of aryl methyl sites for hydroxylation is 10. The lowest BCUT2D eigenvalue weighted by Crippen LogP contribution is -2.35. The molecule has 5 aromatic carbocycles. The average Bonchev–Trinajstić information content (AvgIpc) is 1.51. The number of carbonyl (C=O) groups excluding carboxylic acids is 1. The fraction of sp³-hybridized carbons (Fsp3) is 0.292. The number of rotatable bonds is 16. The van der Waals surface area contributed by atoms with E-state index in [0.717, 1.165) is 84.6 Å². The van der Waals surface area contributed by atoms with E-state index in [1.165, 1.54) is 17.2 Å². The molecule has 576 valence electrons. The number of morpholine rings is 1. The molecule has 0 spiro atoms. The lowest BCUT2D eigenvalue weighted by molar-refractivity contribution is 0.0297. The Morgan fingerprint density at radius 2 is 1.25 bits per heavy atom. The number of benzene rings is 5. The molecular weight excluding hydrogens is 1480 g/mol.